The third kappa shape index (κ3) is 2.76. The molecule has 27 heavy (non-hydrogen) atoms. The van der Waals surface area contributed by atoms with Crippen molar-refractivity contribution in [2.75, 3.05) is 6.61 Å². The number of esters is 1. The first-order valence-electron chi connectivity index (χ1n) is 10.1. The Morgan fingerprint density at radius 3 is 2.74 bits per heavy atom. The molecule has 4 aliphatic rings. The zero-order chi connectivity index (χ0) is 19.4. The summed E-state index contributed by atoms with van der Waals surface area (Å²) in [7, 11) is 0. The van der Waals surface area contributed by atoms with E-state index in [1.807, 2.05) is 6.08 Å². The Labute approximate surface area is 160 Å². The number of carbonyl (C=O) groups excluding carboxylic acids is 3. The summed E-state index contributed by atoms with van der Waals surface area (Å²) in [6.45, 7) is 5.69. The van der Waals surface area contributed by atoms with E-state index in [0.717, 1.165) is 37.7 Å². The molecule has 0 aromatic heterocycles. The normalized spacial score (nSPS) is 37.3. The molecule has 0 aromatic carbocycles. The van der Waals surface area contributed by atoms with Gasteiger partial charge in [0.15, 0.2) is 18.2 Å². The van der Waals surface area contributed by atoms with Gasteiger partial charge in [-0.15, -0.1) is 0 Å². The zero-order valence-electron chi connectivity index (χ0n) is 16.5. The van der Waals surface area contributed by atoms with Gasteiger partial charge in [-0.25, -0.2) is 0 Å². The highest BCUT2D eigenvalue weighted by Crippen LogP contribution is 2.63. The van der Waals surface area contributed by atoms with Gasteiger partial charge in [-0.2, -0.15) is 0 Å². The highest BCUT2D eigenvalue weighted by Gasteiger charge is 2.54. The average molecular weight is 368 g/mol. The first-order valence-corrected chi connectivity index (χ1v) is 10.1. The minimum atomic E-state index is -0.416. The molecule has 0 aromatic rings. The van der Waals surface area contributed by atoms with Crippen LogP contribution in [0.2, 0.25) is 0 Å². The van der Waals surface area contributed by atoms with Crippen LogP contribution in [0, 0.1) is 22.7 Å². The van der Waals surface area contributed by atoms with Gasteiger partial charge < -0.3 is 4.74 Å². The Balaban J connectivity index is 1.62. The predicted octanol–water partition coefficient (Wildman–Crippen LogP) is 4.11. The van der Waals surface area contributed by atoms with Gasteiger partial charge in [0.25, 0.3) is 0 Å². The van der Waals surface area contributed by atoms with E-state index in [4.69, 9.17) is 4.74 Å². The molecule has 4 rings (SSSR count). The lowest BCUT2D eigenvalue weighted by Crippen LogP contribution is -2.44. The molecule has 0 bridgehead atoms. The van der Waals surface area contributed by atoms with Crippen molar-refractivity contribution in [2.45, 2.75) is 59.3 Å². The molecule has 1 fully saturated rings. The summed E-state index contributed by atoms with van der Waals surface area (Å²) in [5.41, 5.74) is 3.49. The van der Waals surface area contributed by atoms with Gasteiger partial charge in [0.05, 0.1) is 0 Å². The van der Waals surface area contributed by atoms with Gasteiger partial charge in [0.1, 0.15) is 0 Å². The third-order valence-electron chi connectivity index (χ3n) is 7.62. The number of rotatable bonds is 3. The number of fused-ring (bicyclic) bond motifs is 5. The minimum Gasteiger partial charge on any atom is -0.457 e. The van der Waals surface area contributed by atoms with Crippen molar-refractivity contribution in [1.29, 1.82) is 0 Å². The molecule has 0 saturated heterocycles. The maximum atomic E-state index is 12.7. The molecule has 0 aliphatic heterocycles. The molecule has 0 radical (unpaired) electrons. The molecule has 144 valence electrons. The SMILES string of the molecule is CC(=O)OCC(=O)C1=CCC2C3CCC4=CC(=O)CCC4(C)C3=CCC12C. The number of Topliss-reactive ketones (excluding diaryl/α,β-unsaturated/α-hetero) is 1. The number of hydrogen-bond acceptors (Lipinski definition) is 4. The molecule has 4 nitrogen and oxygen atoms in total. The van der Waals surface area contributed by atoms with E-state index < -0.39 is 5.97 Å². The standard InChI is InChI=1S/C23H28O4/c1-14(24)27-13-21(26)20-7-6-18-17-5-4-15-12-16(25)8-10-22(15,2)19(17)9-11-23(18,20)3/h7,9,12,17-18H,4-6,8,10-11,13H2,1-3H3. The van der Waals surface area contributed by atoms with Gasteiger partial charge in [-0.1, -0.05) is 37.1 Å². The third-order valence-corrected chi connectivity index (χ3v) is 7.62. The number of hydrogen-bond donors (Lipinski definition) is 0. The van der Waals surface area contributed by atoms with Gasteiger partial charge in [-0.3, -0.25) is 14.4 Å². The van der Waals surface area contributed by atoms with Crippen molar-refractivity contribution in [3.05, 3.63) is 34.9 Å². The number of carbonyl (C=O) groups is 3. The minimum absolute atomic E-state index is 0.0165. The summed E-state index contributed by atoms with van der Waals surface area (Å²) in [6, 6.07) is 0. The highest BCUT2D eigenvalue weighted by molar-refractivity contribution is 5.99. The monoisotopic (exact) mass is 368 g/mol. The van der Waals surface area contributed by atoms with Crippen LogP contribution in [0.25, 0.3) is 0 Å². The number of allylic oxidation sites excluding steroid dienone is 5. The second kappa shape index (κ2) is 6.29. The fraction of sp³-hybridized carbons (Fsp3) is 0.609. The van der Waals surface area contributed by atoms with Crippen molar-refractivity contribution in [3.8, 4) is 0 Å². The number of ketones is 2. The Bertz CT molecular complexity index is 814. The van der Waals surface area contributed by atoms with Crippen LogP contribution in [-0.4, -0.2) is 24.1 Å². The van der Waals surface area contributed by atoms with Crippen LogP contribution in [-0.2, 0) is 19.1 Å². The van der Waals surface area contributed by atoms with Crippen LogP contribution >= 0.6 is 0 Å². The van der Waals surface area contributed by atoms with Crippen LogP contribution in [0.5, 0.6) is 0 Å². The molecule has 0 heterocycles. The van der Waals surface area contributed by atoms with E-state index in [9.17, 15) is 14.4 Å². The molecule has 4 aliphatic carbocycles. The quantitative estimate of drug-likeness (QED) is 0.556. The van der Waals surface area contributed by atoms with E-state index in [1.54, 1.807) is 0 Å². The van der Waals surface area contributed by atoms with Crippen LogP contribution in [0.15, 0.2) is 34.9 Å². The van der Waals surface area contributed by atoms with Crippen molar-refractivity contribution in [1.82, 2.24) is 0 Å². The van der Waals surface area contributed by atoms with Crippen molar-refractivity contribution in [3.63, 3.8) is 0 Å². The van der Waals surface area contributed by atoms with E-state index in [1.165, 1.54) is 18.1 Å². The summed E-state index contributed by atoms with van der Waals surface area (Å²) < 4.78 is 4.96. The van der Waals surface area contributed by atoms with E-state index in [-0.39, 0.29) is 29.0 Å². The molecule has 0 N–H and O–H groups in total. The Morgan fingerprint density at radius 1 is 1.22 bits per heavy atom. The molecule has 0 amide bonds. The molecule has 4 unspecified atom stereocenters. The topological polar surface area (TPSA) is 60.4 Å². The largest absolute Gasteiger partial charge is 0.457 e. The lowest BCUT2D eigenvalue weighted by atomic mass is 9.51. The molecule has 4 heteroatoms. The van der Waals surface area contributed by atoms with E-state index in [2.05, 4.69) is 26.0 Å². The highest BCUT2D eigenvalue weighted by atomic mass is 16.5. The van der Waals surface area contributed by atoms with Crippen molar-refractivity contribution < 1.29 is 19.1 Å². The van der Waals surface area contributed by atoms with Crippen molar-refractivity contribution >= 4 is 17.5 Å². The molecular weight excluding hydrogens is 340 g/mol. The van der Waals surface area contributed by atoms with Crippen molar-refractivity contribution in [2.24, 2.45) is 22.7 Å². The lowest BCUT2D eigenvalue weighted by Gasteiger charge is -2.53. The first kappa shape index (κ1) is 18.4. The maximum Gasteiger partial charge on any atom is 0.303 e. The van der Waals surface area contributed by atoms with Gasteiger partial charge in [0.2, 0.25) is 0 Å². The summed E-state index contributed by atoms with van der Waals surface area (Å²) in [5, 5.41) is 0. The van der Waals surface area contributed by atoms with E-state index >= 15 is 0 Å². The lowest BCUT2D eigenvalue weighted by molar-refractivity contribution is -0.145. The van der Waals surface area contributed by atoms with Gasteiger partial charge in [0, 0.05) is 29.7 Å². The second-order valence-electron chi connectivity index (χ2n) is 9.06. The molecule has 4 atom stereocenters. The molecular formula is C23H28O4. The summed E-state index contributed by atoms with van der Waals surface area (Å²) in [4.78, 5) is 35.7. The zero-order valence-corrected chi connectivity index (χ0v) is 16.5. The number of ether oxygens (including phenoxy) is 1. The van der Waals surface area contributed by atoms with Crippen LogP contribution in [0.3, 0.4) is 0 Å². The summed E-state index contributed by atoms with van der Waals surface area (Å²) in [6.07, 6.45) is 11.7. The molecule has 1 saturated carbocycles. The van der Waals surface area contributed by atoms with Crippen LogP contribution < -0.4 is 0 Å². The summed E-state index contributed by atoms with van der Waals surface area (Å²) in [5.74, 6) is 0.681. The van der Waals surface area contributed by atoms with Gasteiger partial charge >= 0.3 is 5.97 Å². The second-order valence-corrected chi connectivity index (χ2v) is 9.06. The Hall–Kier alpha value is -1.97. The smallest absolute Gasteiger partial charge is 0.303 e. The summed E-state index contributed by atoms with van der Waals surface area (Å²) >= 11 is 0. The first-order chi connectivity index (χ1) is 12.8. The van der Waals surface area contributed by atoms with Crippen LogP contribution in [0.4, 0.5) is 0 Å². The Kier molecular flexibility index (Phi) is 4.28. The van der Waals surface area contributed by atoms with Crippen LogP contribution in [0.1, 0.15) is 59.3 Å². The Morgan fingerprint density at radius 2 is 2.00 bits per heavy atom. The average Bonchev–Trinajstić information content (AvgIpc) is 2.97. The fourth-order valence-electron chi connectivity index (χ4n) is 6.11. The molecule has 0 spiro atoms. The predicted molar refractivity (Wildman–Crippen MR) is 102 cm³/mol. The van der Waals surface area contributed by atoms with E-state index in [0.29, 0.717) is 18.3 Å². The van der Waals surface area contributed by atoms with Gasteiger partial charge in [-0.05, 0) is 50.0 Å². The fourth-order valence-corrected chi connectivity index (χ4v) is 6.11. The maximum absolute atomic E-state index is 12.7.